The van der Waals surface area contributed by atoms with Crippen LogP contribution in [0.25, 0.3) is 0 Å². The molecular formula is C11H21ClF2N2O. The maximum atomic E-state index is 12.3. The van der Waals surface area contributed by atoms with E-state index < -0.39 is 13.0 Å². The number of carbonyl (C=O) groups is 1. The van der Waals surface area contributed by atoms with E-state index >= 15 is 0 Å². The number of carbonyl (C=O) groups excluding carboxylic acids is 1. The lowest BCUT2D eigenvalue weighted by Crippen LogP contribution is -2.51. The first-order valence-electron chi connectivity index (χ1n) is 5.83. The molecule has 1 amide bonds. The summed E-state index contributed by atoms with van der Waals surface area (Å²) in [5.74, 6) is 0.0322. The third-order valence-corrected chi connectivity index (χ3v) is 3.07. The van der Waals surface area contributed by atoms with Crippen molar-refractivity contribution < 1.29 is 13.6 Å². The highest BCUT2D eigenvalue weighted by molar-refractivity contribution is 5.85. The fourth-order valence-electron chi connectivity index (χ4n) is 1.88. The van der Waals surface area contributed by atoms with Crippen LogP contribution in [0.4, 0.5) is 8.78 Å². The van der Waals surface area contributed by atoms with Gasteiger partial charge >= 0.3 is 0 Å². The molecule has 0 bridgehead atoms. The van der Waals surface area contributed by atoms with Crippen LogP contribution in [-0.2, 0) is 4.79 Å². The van der Waals surface area contributed by atoms with Gasteiger partial charge in [0.1, 0.15) is 0 Å². The van der Waals surface area contributed by atoms with E-state index in [1.807, 2.05) is 13.8 Å². The van der Waals surface area contributed by atoms with Crippen molar-refractivity contribution in [3.8, 4) is 0 Å². The van der Waals surface area contributed by atoms with Gasteiger partial charge in [-0.3, -0.25) is 4.79 Å². The second-order valence-corrected chi connectivity index (χ2v) is 4.38. The van der Waals surface area contributed by atoms with Gasteiger partial charge in [-0.2, -0.15) is 0 Å². The monoisotopic (exact) mass is 270 g/mol. The van der Waals surface area contributed by atoms with Gasteiger partial charge < -0.3 is 10.2 Å². The molecule has 1 aliphatic heterocycles. The molecule has 6 heteroatoms. The van der Waals surface area contributed by atoms with E-state index in [2.05, 4.69) is 5.32 Å². The van der Waals surface area contributed by atoms with Crippen LogP contribution in [-0.4, -0.2) is 43.4 Å². The second-order valence-electron chi connectivity index (χ2n) is 4.38. The average Bonchev–Trinajstić information content (AvgIpc) is 2.12. The van der Waals surface area contributed by atoms with E-state index in [-0.39, 0.29) is 24.2 Å². The van der Waals surface area contributed by atoms with Crippen molar-refractivity contribution in [1.29, 1.82) is 0 Å². The first kappa shape index (κ1) is 16.6. The van der Waals surface area contributed by atoms with Crippen LogP contribution in [0.15, 0.2) is 0 Å². The molecule has 17 heavy (non-hydrogen) atoms. The molecule has 1 unspecified atom stereocenters. The average molecular weight is 271 g/mol. The summed E-state index contributed by atoms with van der Waals surface area (Å²) in [7, 11) is 0. The van der Waals surface area contributed by atoms with Crippen molar-refractivity contribution in [2.75, 3.05) is 26.2 Å². The van der Waals surface area contributed by atoms with Gasteiger partial charge in [-0.05, 0) is 25.4 Å². The van der Waals surface area contributed by atoms with E-state index in [4.69, 9.17) is 0 Å². The Morgan fingerprint density at radius 2 is 2.06 bits per heavy atom. The summed E-state index contributed by atoms with van der Waals surface area (Å²) >= 11 is 0. The zero-order valence-electron chi connectivity index (χ0n) is 10.3. The van der Waals surface area contributed by atoms with Crippen molar-refractivity contribution in [2.45, 2.75) is 26.7 Å². The van der Waals surface area contributed by atoms with Crippen LogP contribution in [0.3, 0.4) is 0 Å². The van der Waals surface area contributed by atoms with Crippen molar-refractivity contribution in [2.24, 2.45) is 11.8 Å². The lowest BCUT2D eigenvalue weighted by atomic mass is 9.88. The summed E-state index contributed by atoms with van der Waals surface area (Å²) < 4.78 is 24.6. The Balaban J connectivity index is 0.00000256. The van der Waals surface area contributed by atoms with Crippen LogP contribution >= 0.6 is 12.4 Å². The maximum absolute atomic E-state index is 12.3. The van der Waals surface area contributed by atoms with E-state index in [9.17, 15) is 13.6 Å². The quantitative estimate of drug-likeness (QED) is 0.798. The van der Waals surface area contributed by atoms with Crippen LogP contribution < -0.4 is 5.32 Å². The Morgan fingerprint density at radius 3 is 2.41 bits per heavy atom. The number of hydrogen-bond acceptors (Lipinski definition) is 2. The fraction of sp³-hybridized carbons (Fsp3) is 0.909. The number of hydrogen-bond donors (Lipinski definition) is 1. The van der Waals surface area contributed by atoms with Crippen LogP contribution in [0.2, 0.25) is 0 Å². The molecule has 1 N–H and O–H groups in total. The molecule has 1 aliphatic rings. The zero-order valence-corrected chi connectivity index (χ0v) is 11.1. The van der Waals surface area contributed by atoms with Crippen LogP contribution in [0.1, 0.15) is 20.3 Å². The molecule has 1 rings (SSSR count). The van der Waals surface area contributed by atoms with Gasteiger partial charge in [-0.1, -0.05) is 13.8 Å². The third-order valence-electron chi connectivity index (χ3n) is 3.07. The molecule has 1 heterocycles. The van der Waals surface area contributed by atoms with Gasteiger partial charge in [0.05, 0.1) is 6.54 Å². The number of nitrogens with one attached hydrogen (secondary N) is 1. The summed E-state index contributed by atoms with van der Waals surface area (Å²) in [4.78, 5) is 13.3. The minimum absolute atomic E-state index is 0. The molecule has 0 radical (unpaired) electrons. The van der Waals surface area contributed by atoms with Crippen molar-refractivity contribution in [3.63, 3.8) is 0 Å². The lowest BCUT2D eigenvalue weighted by Gasteiger charge is -2.35. The Kier molecular flexibility index (Phi) is 7.63. The molecule has 0 spiro atoms. The Morgan fingerprint density at radius 1 is 1.47 bits per heavy atom. The van der Waals surface area contributed by atoms with E-state index in [0.29, 0.717) is 18.9 Å². The van der Waals surface area contributed by atoms with E-state index in [0.717, 1.165) is 13.1 Å². The molecule has 1 saturated heterocycles. The van der Waals surface area contributed by atoms with Gasteiger partial charge in [0.2, 0.25) is 5.91 Å². The standard InChI is InChI=1S/C11H20F2N2O.ClH/c1-3-4-15(7-10(12)13)11(16)8(2)9-5-14-6-9;/h8-10,14H,3-7H2,1-2H3;1H. The lowest BCUT2D eigenvalue weighted by molar-refractivity contribution is -0.139. The highest BCUT2D eigenvalue weighted by Gasteiger charge is 2.32. The van der Waals surface area contributed by atoms with Crippen LogP contribution in [0, 0.1) is 11.8 Å². The van der Waals surface area contributed by atoms with E-state index in [1.165, 1.54) is 4.90 Å². The summed E-state index contributed by atoms with van der Waals surface area (Å²) in [6.07, 6.45) is -1.73. The molecule has 1 atom stereocenters. The summed E-state index contributed by atoms with van der Waals surface area (Å²) in [6, 6.07) is 0. The Labute approximate surface area is 107 Å². The van der Waals surface area contributed by atoms with E-state index in [1.54, 1.807) is 0 Å². The maximum Gasteiger partial charge on any atom is 0.255 e. The zero-order chi connectivity index (χ0) is 12.1. The largest absolute Gasteiger partial charge is 0.337 e. The molecule has 102 valence electrons. The predicted molar refractivity (Wildman–Crippen MR) is 65.6 cm³/mol. The van der Waals surface area contributed by atoms with Gasteiger partial charge in [0.15, 0.2) is 0 Å². The number of amides is 1. The molecule has 1 fully saturated rings. The predicted octanol–water partition coefficient (Wildman–Crippen LogP) is 1.77. The third kappa shape index (κ3) is 4.76. The minimum atomic E-state index is -2.44. The minimum Gasteiger partial charge on any atom is -0.337 e. The highest BCUT2D eigenvalue weighted by atomic mass is 35.5. The number of halogens is 3. The fourth-order valence-corrected chi connectivity index (χ4v) is 1.88. The molecule has 0 aromatic heterocycles. The Bertz CT molecular complexity index is 238. The first-order valence-corrected chi connectivity index (χ1v) is 5.83. The highest BCUT2D eigenvalue weighted by Crippen LogP contribution is 2.19. The Hall–Kier alpha value is -0.420. The number of alkyl halides is 2. The molecule has 3 nitrogen and oxygen atoms in total. The van der Waals surface area contributed by atoms with Gasteiger partial charge in [-0.25, -0.2) is 8.78 Å². The number of nitrogens with zero attached hydrogens (tertiary/aromatic N) is 1. The molecule has 0 aromatic carbocycles. The summed E-state index contributed by atoms with van der Waals surface area (Å²) in [5.41, 5.74) is 0. The van der Waals surface area contributed by atoms with Gasteiger partial charge in [-0.15, -0.1) is 12.4 Å². The molecule has 0 saturated carbocycles. The van der Waals surface area contributed by atoms with Gasteiger partial charge in [0.25, 0.3) is 6.43 Å². The normalized spacial score (nSPS) is 17.2. The summed E-state index contributed by atoms with van der Waals surface area (Å²) in [5, 5.41) is 3.09. The SMILES string of the molecule is CCCN(CC(F)F)C(=O)C(C)C1CNC1.Cl. The van der Waals surface area contributed by atoms with Crippen molar-refractivity contribution in [3.05, 3.63) is 0 Å². The topological polar surface area (TPSA) is 32.3 Å². The second kappa shape index (κ2) is 7.82. The molecular weight excluding hydrogens is 250 g/mol. The number of rotatable bonds is 6. The van der Waals surface area contributed by atoms with Crippen molar-refractivity contribution in [1.82, 2.24) is 10.2 Å². The first-order chi connectivity index (χ1) is 7.56. The van der Waals surface area contributed by atoms with Gasteiger partial charge in [0, 0.05) is 12.5 Å². The molecule has 0 aliphatic carbocycles. The smallest absolute Gasteiger partial charge is 0.255 e. The van der Waals surface area contributed by atoms with Crippen LogP contribution in [0.5, 0.6) is 0 Å². The summed E-state index contributed by atoms with van der Waals surface area (Å²) in [6.45, 7) is 5.36. The van der Waals surface area contributed by atoms with Crippen molar-refractivity contribution >= 4 is 18.3 Å². The molecule has 0 aromatic rings.